The standard InChI is InChI=1S/C16H16N2O/c1-11-9-13(19-3)7-8-14(11)15-6-4-5-12-10-17-18(2)16(12)15/h4-10H,1-3H3. The summed E-state index contributed by atoms with van der Waals surface area (Å²) in [7, 11) is 3.67. The predicted octanol–water partition coefficient (Wildman–Crippen LogP) is 3.56. The Morgan fingerprint density at radius 3 is 2.68 bits per heavy atom. The molecule has 19 heavy (non-hydrogen) atoms. The Hall–Kier alpha value is -2.29. The Kier molecular flexibility index (Phi) is 2.75. The number of hydrogen-bond acceptors (Lipinski definition) is 2. The number of ether oxygens (including phenoxy) is 1. The van der Waals surface area contributed by atoms with Crippen molar-refractivity contribution >= 4 is 10.9 Å². The molecular weight excluding hydrogens is 236 g/mol. The molecule has 2 aromatic carbocycles. The SMILES string of the molecule is COc1ccc(-c2cccc3cnn(C)c23)c(C)c1. The molecule has 96 valence electrons. The van der Waals surface area contributed by atoms with E-state index in [9.17, 15) is 0 Å². The molecule has 0 N–H and O–H groups in total. The van der Waals surface area contributed by atoms with Gasteiger partial charge in [-0.3, -0.25) is 4.68 Å². The Labute approximate surface area is 112 Å². The van der Waals surface area contributed by atoms with Crippen LogP contribution in [0.4, 0.5) is 0 Å². The first kappa shape index (κ1) is 11.8. The molecule has 0 fully saturated rings. The highest BCUT2D eigenvalue weighted by atomic mass is 16.5. The average molecular weight is 252 g/mol. The number of methoxy groups -OCH3 is 1. The zero-order valence-electron chi connectivity index (χ0n) is 11.3. The highest BCUT2D eigenvalue weighted by Gasteiger charge is 2.10. The lowest BCUT2D eigenvalue weighted by atomic mass is 9.98. The molecule has 0 aliphatic heterocycles. The van der Waals surface area contributed by atoms with Crippen molar-refractivity contribution in [2.45, 2.75) is 6.92 Å². The molecule has 3 aromatic rings. The van der Waals surface area contributed by atoms with Gasteiger partial charge in [-0.05, 0) is 30.2 Å². The van der Waals surface area contributed by atoms with Crippen molar-refractivity contribution in [2.24, 2.45) is 7.05 Å². The monoisotopic (exact) mass is 252 g/mol. The molecule has 3 heteroatoms. The third-order valence-electron chi connectivity index (χ3n) is 3.48. The number of para-hydroxylation sites is 1. The minimum absolute atomic E-state index is 0.887. The fourth-order valence-corrected chi connectivity index (χ4v) is 2.52. The lowest BCUT2D eigenvalue weighted by molar-refractivity contribution is 0.414. The van der Waals surface area contributed by atoms with E-state index in [0.29, 0.717) is 0 Å². The van der Waals surface area contributed by atoms with Crippen molar-refractivity contribution < 1.29 is 4.74 Å². The molecule has 0 saturated carbocycles. The number of fused-ring (bicyclic) bond motifs is 1. The van der Waals surface area contributed by atoms with Gasteiger partial charge >= 0.3 is 0 Å². The van der Waals surface area contributed by atoms with Crippen LogP contribution < -0.4 is 4.74 Å². The summed E-state index contributed by atoms with van der Waals surface area (Å²) in [6, 6.07) is 12.5. The topological polar surface area (TPSA) is 27.1 Å². The van der Waals surface area contributed by atoms with Crippen LogP contribution >= 0.6 is 0 Å². The highest BCUT2D eigenvalue weighted by Crippen LogP contribution is 2.32. The van der Waals surface area contributed by atoms with Crippen LogP contribution in [0.1, 0.15) is 5.56 Å². The summed E-state index contributed by atoms with van der Waals surface area (Å²) in [6.45, 7) is 2.10. The molecule has 1 aromatic heterocycles. The van der Waals surface area contributed by atoms with Crippen LogP contribution in [0.15, 0.2) is 42.6 Å². The van der Waals surface area contributed by atoms with Crippen LogP contribution in [0.5, 0.6) is 5.75 Å². The van der Waals surface area contributed by atoms with Gasteiger partial charge in [0.25, 0.3) is 0 Å². The number of hydrogen-bond donors (Lipinski definition) is 0. The van der Waals surface area contributed by atoms with Crippen LogP contribution in [0.3, 0.4) is 0 Å². The van der Waals surface area contributed by atoms with Gasteiger partial charge in [-0.25, -0.2) is 0 Å². The first-order chi connectivity index (χ1) is 9.20. The molecular formula is C16H16N2O. The summed E-state index contributed by atoms with van der Waals surface area (Å²) in [6.07, 6.45) is 1.90. The second-order valence-corrected chi connectivity index (χ2v) is 4.69. The van der Waals surface area contributed by atoms with Crippen LogP contribution in [0.25, 0.3) is 22.0 Å². The van der Waals surface area contributed by atoms with E-state index in [-0.39, 0.29) is 0 Å². The zero-order valence-corrected chi connectivity index (χ0v) is 11.3. The van der Waals surface area contributed by atoms with Crippen molar-refractivity contribution in [2.75, 3.05) is 7.11 Å². The molecule has 0 saturated heterocycles. The van der Waals surface area contributed by atoms with Gasteiger partial charge in [0.05, 0.1) is 18.8 Å². The van der Waals surface area contributed by atoms with Crippen LogP contribution in [0, 0.1) is 6.92 Å². The molecule has 0 aliphatic carbocycles. The Morgan fingerprint density at radius 2 is 1.95 bits per heavy atom. The average Bonchev–Trinajstić information content (AvgIpc) is 2.81. The maximum Gasteiger partial charge on any atom is 0.119 e. The summed E-state index contributed by atoms with van der Waals surface area (Å²) < 4.78 is 7.19. The Morgan fingerprint density at radius 1 is 1.11 bits per heavy atom. The van der Waals surface area contributed by atoms with Crippen molar-refractivity contribution in [1.82, 2.24) is 9.78 Å². The summed E-state index contributed by atoms with van der Waals surface area (Å²) >= 11 is 0. The first-order valence-corrected chi connectivity index (χ1v) is 6.26. The van der Waals surface area contributed by atoms with Crippen molar-refractivity contribution in [1.29, 1.82) is 0 Å². The van der Waals surface area contributed by atoms with Gasteiger partial charge < -0.3 is 4.74 Å². The molecule has 0 amide bonds. The third-order valence-corrected chi connectivity index (χ3v) is 3.48. The lowest BCUT2D eigenvalue weighted by Gasteiger charge is -2.10. The Bertz CT molecular complexity index is 744. The van der Waals surface area contributed by atoms with Crippen LogP contribution in [-0.2, 0) is 7.05 Å². The molecule has 0 bridgehead atoms. The minimum atomic E-state index is 0.887. The number of nitrogens with zero attached hydrogens (tertiary/aromatic N) is 2. The van der Waals surface area contributed by atoms with Gasteiger partial charge in [-0.1, -0.05) is 24.3 Å². The van der Waals surface area contributed by atoms with Gasteiger partial charge in [0.15, 0.2) is 0 Å². The number of benzene rings is 2. The normalized spacial score (nSPS) is 10.9. The number of aryl methyl sites for hydroxylation is 2. The second kappa shape index (κ2) is 4.43. The maximum absolute atomic E-state index is 5.26. The Balaban J connectivity index is 2.27. The predicted molar refractivity (Wildman–Crippen MR) is 77.4 cm³/mol. The van der Waals surface area contributed by atoms with E-state index in [0.717, 1.165) is 16.7 Å². The fraction of sp³-hybridized carbons (Fsp3) is 0.188. The molecule has 3 rings (SSSR count). The van der Waals surface area contributed by atoms with Crippen molar-refractivity contribution in [3.63, 3.8) is 0 Å². The molecule has 0 atom stereocenters. The molecule has 0 spiro atoms. The second-order valence-electron chi connectivity index (χ2n) is 4.69. The summed E-state index contributed by atoms with van der Waals surface area (Å²) in [5.74, 6) is 0.887. The summed E-state index contributed by atoms with van der Waals surface area (Å²) in [5.41, 5.74) is 4.79. The maximum atomic E-state index is 5.26. The van der Waals surface area contributed by atoms with E-state index in [1.54, 1.807) is 7.11 Å². The van der Waals surface area contributed by atoms with Crippen LogP contribution in [0.2, 0.25) is 0 Å². The van der Waals surface area contributed by atoms with Gasteiger partial charge in [-0.15, -0.1) is 0 Å². The van der Waals surface area contributed by atoms with E-state index in [2.05, 4.69) is 42.4 Å². The summed E-state index contributed by atoms with van der Waals surface area (Å²) in [4.78, 5) is 0. The molecule has 0 aliphatic rings. The smallest absolute Gasteiger partial charge is 0.119 e. The van der Waals surface area contributed by atoms with Gasteiger partial charge in [0, 0.05) is 18.0 Å². The minimum Gasteiger partial charge on any atom is -0.497 e. The highest BCUT2D eigenvalue weighted by molar-refractivity contribution is 5.94. The number of aromatic nitrogens is 2. The third kappa shape index (κ3) is 1.87. The van der Waals surface area contributed by atoms with Gasteiger partial charge in [-0.2, -0.15) is 5.10 Å². The quantitative estimate of drug-likeness (QED) is 0.697. The molecule has 1 heterocycles. The number of rotatable bonds is 2. The van der Waals surface area contributed by atoms with E-state index < -0.39 is 0 Å². The zero-order chi connectivity index (χ0) is 13.4. The van der Waals surface area contributed by atoms with E-state index in [1.165, 1.54) is 16.7 Å². The van der Waals surface area contributed by atoms with Crippen molar-refractivity contribution in [3.8, 4) is 16.9 Å². The van der Waals surface area contributed by atoms with Gasteiger partial charge in [0.1, 0.15) is 5.75 Å². The first-order valence-electron chi connectivity index (χ1n) is 6.26. The van der Waals surface area contributed by atoms with Crippen LogP contribution in [-0.4, -0.2) is 16.9 Å². The summed E-state index contributed by atoms with van der Waals surface area (Å²) in [5, 5.41) is 5.50. The molecule has 0 radical (unpaired) electrons. The molecule has 3 nitrogen and oxygen atoms in total. The van der Waals surface area contributed by atoms with E-state index >= 15 is 0 Å². The van der Waals surface area contributed by atoms with E-state index in [1.807, 2.05) is 24.0 Å². The fourth-order valence-electron chi connectivity index (χ4n) is 2.52. The largest absolute Gasteiger partial charge is 0.497 e. The van der Waals surface area contributed by atoms with Crippen molar-refractivity contribution in [3.05, 3.63) is 48.2 Å². The van der Waals surface area contributed by atoms with Gasteiger partial charge in [0.2, 0.25) is 0 Å². The lowest BCUT2D eigenvalue weighted by Crippen LogP contribution is -1.93. The van der Waals surface area contributed by atoms with E-state index in [4.69, 9.17) is 4.74 Å². The molecule has 0 unspecified atom stereocenters.